The van der Waals surface area contributed by atoms with E-state index in [1.165, 1.54) is 12.1 Å². The van der Waals surface area contributed by atoms with Crippen LogP contribution in [-0.4, -0.2) is 12.9 Å². The summed E-state index contributed by atoms with van der Waals surface area (Å²) in [5, 5.41) is 3.14. The van der Waals surface area contributed by atoms with Gasteiger partial charge in [-0.1, -0.05) is 32.9 Å². The second-order valence-electron chi connectivity index (χ2n) is 2.88. The van der Waals surface area contributed by atoms with Crippen LogP contribution in [0, 0.1) is 11.8 Å². The van der Waals surface area contributed by atoms with Crippen LogP contribution in [0.4, 0.5) is 13.2 Å². The third kappa shape index (κ3) is 4.99. The Kier molecular flexibility index (Phi) is 4.89. The minimum absolute atomic E-state index is 0.0589. The number of halogens is 4. The monoisotopic (exact) mass is 319 g/mol. The molecule has 0 aliphatic heterocycles. The maximum absolute atomic E-state index is 12.1. The van der Waals surface area contributed by atoms with Gasteiger partial charge in [0, 0.05) is 9.38 Å². The van der Waals surface area contributed by atoms with Gasteiger partial charge in [0.2, 0.25) is 0 Å². The van der Waals surface area contributed by atoms with Crippen molar-refractivity contribution in [3.8, 4) is 17.6 Å². The first-order valence-electron chi connectivity index (χ1n) is 4.47. The van der Waals surface area contributed by atoms with Gasteiger partial charge in [-0.2, -0.15) is 0 Å². The number of nitrogens with zero attached hydrogens (tertiary/aromatic N) is 3. The number of azide groups is 1. The molecule has 0 amide bonds. The van der Waals surface area contributed by atoms with E-state index in [1.807, 2.05) is 0 Å². The van der Waals surface area contributed by atoms with Crippen molar-refractivity contribution in [1.29, 1.82) is 0 Å². The molecule has 0 N–H and O–H groups in total. The standard InChI is InChI=1S/C10H5BrF3N3O/c11-8-4-3-7(2-1-5-16-17-15)9(6-8)18-10(12,13)14/h3-4,6H,5H2. The Morgan fingerprint density at radius 2 is 2.17 bits per heavy atom. The topological polar surface area (TPSA) is 58.0 Å². The van der Waals surface area contributed by atoms with Crippen LogP contribution in [0.1, 0.15) is 5.56 Å². The Bertz CT molecular complexity index is 542. The highest BCUT2D eigenvalue weighted by Crippen LogP contribution is 2.28. The fourth-order valence-corrected chi connectivity index (χ4v) is 1.35. The quantitative estimate of drug-likeness (QED) is 0.351. The molecule has 0 aromatic heterocycles. The lowest BCUT2D eigenvalue weighted by Gasteiger charge is -2.10. The van der Waals surface area contributed by atoms with E-state index < -0.39 is 12.1 Å². The summed E-state index contributed by atoms with van der Waals surface area (Å²) < 4.78 is 40.7. The number of alkyl halides is 3. The zero-order valence-electron chi connectivity index (χ0n) is 8.70. The van der Waals surface area contributed by atoms with Crippen molar-refractivity contribution in [1.82, 2.24) is 0 Å². The van der Waals surface area contributed by atoms with E-state index in [0.29, 0.717) is 4.47 Å². The largest absolute Gasteiger partial charge is 0.573 e. The van der Waals surface area contributed by atoms with E-state index in [2.05, 4.69) is 42.5 Å². The van der Waals surface area contributed by atoms with Crippen LogP contribution < -0.4 is 4.74 Å². The highest BCUT2D eigenvalue weighted by Gasteiger charge is 2.32. The smallest absolute Gasteiger partial charge is 0.404 e. The Morgan fingerprint density at radius 1 is 1.44 bits per heavy atom. The number of ether oxygens (including phenoxy) is 1. The van der Waals surface area contributed by atoms with E-state index in [4.69, 9.17) is 5.53 Å². The Balaban J connectivity index is 3.02. The van der Waals surface area contributed by atoms with Crippen molar-refractivity contribution in [2.24, 2.45) is 5.11 Å². The van der Waals surface area contributed by atoms with Crippen LogP contribution in [-0.2, 0) is 0 Å². The van der Waals surface area contributed by atoms with Crippen molar-refractivity contribution in [2.75, 3.05) is 6.54 Å². The third-order valence-electron chi connectivity index (χ3n) is 1.61. The molecular weight excluding hydrogens is 315 g/mol. The summed E-state index contributed by atoms with van der Waals surface area (Å²) in [7, 11) is 0. The first-order chi connectivity index (χ1) is 8.42. The summed E-state index contributed by atoms with van der Waals surface area (Å²) >= 11 is 3.03. The van der Waals surface area contributed by atoms with Gasteiger partial charge < -0.3 is 4.74 Å². The fraction of sp³-hybridized carbons (Fsp3) is 0.200. The molecule has 1 aromatic rings. The van der Waals surface area contributed by atoms with Crippen molar-refractivity contribution < 1.29 is 17.9 Å². The van der Waals surface area contributed by atoms with E-state index in [1.54, 1.807) is 0 Å². The maximum Gasteiger partial charge on any atom is 0.573 e. The van der Waals surface area contributed by atoms with Gasteiger partial charge in [-0.3, -0.25) is 0 Å². The van der Waals surface area contributed by atoms with Gasteiger partial charge in [-0.25, -0.2) is 0 Å². The maximum atomic E-state index is 12.1. The Morgan fingerprint density at radius 3 is 2.78 bits per heavy atom. The molecule has 0 aliphatic carbocycles. The van der Waals surface area contributed by atoms with Crippen molar-refractivity contribution in [3.05, 3.63) is 38.7 Å². The second-order valence-corrected chi connectivity index (χ2v) is 3.79. The van der Waals surface area contributed by atoms with Crippen LogP contribution in [0.3, 0.4) is 0 Å². The van der Waals surface area contributed by atoms with Gasteiger partial charge >= 0.3 is 6.36 Å². The summed E-state index contributed by atoms with van der Waals surface area (Å²) in [6.45, 7) is -0.127. The molecule has 0 fully saturated rings. The average molecular weight is 320 g/mol. The van der Waals surface area contributed by atoms with E-state index >= 15 is 0 Å². The van der Waals surface area contributed by atoms with E-state index in [9.17, 15) is 13.2 Å². The lowest BCUT2D eigenvalue weighted by Crippen LogP contribution is -2.17. The van der Waals surface area contributed by atoms with Gasteiger partial charge in [-0.05, 0) is 23.7 Å². The van der Waals surface area contributed by atoms with Gasteiger partial charge in [0.25, 0.3) is 0 Å². The molecule has 94 valence electrons. The van der Waals surface area contributed by atoms with Crippen molar-refractivity contribution in [2.45, 2.75) is 6.36 Å². The molecule has 4 nitrogen and oxygen atoms in total. The van der Waals surface area contributed by atoms with Crippen molar-refractivity contribution >= 4 is 15.9 Å². The number of rotatable bonds is 2. The summed E-state index contributed by atoms with van der Waals surface area (Å²) in [6, 6.07) is 4.06. The zero-order chi connectivity index (χ0) is 13.6. The summed E-state index contributed by atoms with van der Waals surface area (Å²) in [6.07, 6.45) is -4.79. The lowest BCUT2D eigenvalue weighted by molar-refractivity contribution is -0.274. The van der Waals surface area contributed by atoms with Crippen LogP contribution in [0.15, 0.2) is 27.8 Å². The molecule has 1 aromatic carbocycles. The van der Waals surface area contributed by atoms with Gasteiger partial charge in [0.05, 0.1) is 12.1 Å². The minimum atomic E-state index is -4.79. The third-order valence-corrected chi connectivity index (χ3v) is 2.10. The molecule has 0 saturated carbocycles. The zero-order valence-corrected chi connectivity index (χ0v) is 10.3. The summed E-state index contributed by atoms with van der Waals surface area (Å²) in [4.78, 5) is 2.47. The highest BCUT2D eigenvalue weighted by atomic mass is 79.9. The molecule has 0 atom stereocenters. The molecule has 0 saturated heterocycles. The van der Waals surface area contributed by atoms with Crippen LogP contribution >= 0.6 is 15.9 Å². The average Bonchev–Trinajstić information content (AvgIpc) is 2.24. The van der Waals surface area contributed by atoms with E-state index in [0.717, 1.165) is 6.07 Å². The Hall–Kier alpha value is -1.84. The molecule has 1 rings (SSSR count). The molecule has 0 radical (unpaired) electrons. The molecule has 8 heteroatoms. The molecule has 18 heavy (non-hydrogen) atoms. The van der Waals surface area contributed by atoms with Crippen LogP contribution in [0.25, 0.3) is 10.4 Å². The minimum Gasteiger partial charge on any atom is -0.404 e. The van der Waals surface area contributed by atoms with Gasteiger partial charge in [0.1, 0.15) is 5.75 Å². The van der Waals surface area contributed by atoms with Gasteiger partial charge in [-0.15, -0.1) is 13.2 Å². The number of hydrogen-bond donors (Lipinski definition) is 0. The normalized spacial score (nSPS) is 10.0. The SMILES string of the molecule is [N-]=[N+]=NCC#Cc1ccc(Br)cc1OC(F)(F)F. The first kappa shape index (κ1) is 14.2. The molecule has 0 aliphatic rings. The lowest BCUT2D eigenvalue weighted by atomic mass is 10.2. The highest BCUT2D eigenvalue weighted by molar-refractivity contribution is 9.10. The van der Waals surface area contributed by atoms with E-state index in [-0.39, 0.29) is 12.1 Å². The second kappa shape index (κ2) is 6.19. The Labute approximate surface area is 109 Å². The molecule has 0 unspecified atom stereocenters. The van der Waals surface area contributed by atoms with Crippen LogP contribution in [0.2, 0.25) is 0 Å². The molecule has 0 bridgehead atoms. The fourth-order valence-electron chi connectivity index (χ4n) is 1.01. The molecule has 0 spiro atoms. The first-order valence-corrected chi connectivity index (χ1v) is 5.26. The van der Waals surface area contributed by atoms with Crippen LogP contribution in [0.5, 0.6) is 5.75 Å². The van der Waals surface area contributed by atoms with Gasteiger partial charge in [0.15, 0.2) is 0 Å². The summed E-state index contributed by atoms with van der Waals surface area (Å²) in [5.41, 5.74) is 8.08. The predicted molar refractivity (Wildman–Crippen MR) is 61.7 cm³/mol. The number of benzene rings is 1. The predicted octanol–water partition coefficient (Wildman–Crippen LogP) is 4.01. The number of hydrogen-bond acceptors (Lipinski definition) is 2. The molecule has 0 heterocycles. The van der Waals surface area contributed by atoms with Crippen molar-refractivity contribution in [3.63, 3.8) is 0 Å². The summed E-state index contributed by atoms with van der Waals surface area (Å²) in [5.74, 6) is 4.44. The molecular formula is C10H5BrF3N3O.